The number of fused-ring (bicyclic) bond motifs is 1. The van der Waals surface area contributed by atoms with E-state index in [0.717, 1.165) is 17.4 Å². The number of hydrogen-bond acceptors (Lipinski definition) is 3. The number of methoxy groups -OCH3 is 1. The van der Waals surface area contributed by atoms with E-state index in [-0.39, 0.29) is 5.52 Å². The van der Waals surface area contributed by atoms with Crippen molar-refractivity contribution in [1.82, 2.24) is 15.0 Å². The number of halogens is 2. The lowest BCUT2D eigenvalue weighted by Crippen LogP contribution is -1.91. The second kappa shape index (κ2) is 5.98. The SMILES string of the molecule is COc1ccc(-c2ccnc(-c3c[nH]c4c(F)cc(F)cc34)n2)cc1. The van der Waals surface area contributed by atoms with Crippen LogP contribution in [-0.2, 0) is 0 Å². The van der Waals surface area contributed by atoms with Crippen LogP contribution < -0.4 is 4.74 Å². The van der Waals surface area contributed by atoms with Crippen molar-refractivity contribution in [3.8, 4) is 28.4 Å². The Balaban J connectivity index is 1.82. The van der Waals surface area contributed by atoms with Gasteiger partial charge in [0.2, 0.25) is 0 Å². The first-order valence-corrected chi connectivity index (χ1v) is 7.59. The van der Waals surface area contributed by atoms with E-state index in [1.165, 1.54) is 6.07 Å². The summed E-state index contributed by atoms with van der Waals surface area (Å²) in [5, 5.41) is 0.407. The van der Waals surface area contributed by atoms with Crippen molar-refractivity contribution in [1.29, 1.82) is 0 Å². The molecule has 0 unspecified atom stereocenters. The predicted molar refractivity (Wildman–Crippen MR) is 91.2 cm³/mol. The minimum atomic E-state index is -0.646. The third kappa shape index (κ3) is 2.71. The second-order valence-corrected chi connectivity index (χ2v) is 5.51. The molecule has 0 spiro atoms. The van der Waals surface area contributed by atoms with Crippen LogP contribution in [0.5, 0.6) is 5.75 Å². The van der Waals surface area contributed by atoms with Crippen molar-refractivity contribution >= 4 is 10.9 Å². The van der Waals surface area contributed by atoms with Crippen LogP contribution in [0, 0.1) is 11.6 Å². The molecule has 6 heteroatoms. The number of H-pyrrole nitrogens is 1. The molecule has 0 saturated heterocycles. The summed E-state index contributed by atoms with van der Waals surface area (Å²) in [7, 11) is 1.60. The van der Waals surface area contributed by atoms with Crippen LogP contribution in [0.4, 0.5) is 8.78 Å². The van der Waals surface area contributed by atoms with E-state index in [0.29, 0.717) is 22.5 Å². The Morgan fingerprint density at radius 1 is 1.04 bits per heavy atom. The highest BCUT2D eigenvalue weighted by atomic mass is 19.1. The fraction of sp³-hybridized carbons (Fsp3) is 0.0526. The minimum absolute atomic E-state index is 0.231. The summed E-state index contributed by atoms with van der Waals surface area (Å²) in [5.41, 5.74) is 2.37. The molecule has 4 aromatic rings. The van der Waals surface area contributed by atoms with Gasteiger partial charge in [-0.05, 0) is 36.4 Å². The summed E-state index contributed by atoms with van der Waals surface area (Å²) >= 11 is 0. The molecule has 0 aliphatic carbocycles. The van der Waals surface area contributed by atoms with Gasteiger partial charge >= 0.3 is 0 Å². The fourth-order valence-corrected chi connectivity index (χ4v) is 2.75. The van der Waals surface area contributed by atoms with E-state index < -0.39 is 11.6 Å². The van der Waals surface area contributed by atoms with Gasteiger partial charge < -0.3 is 9.72 Å². The Kier molecular flexibility index (Phi) is 3.65. The standard InChI is InChI=1S/C19H13F2N3O/c1-25-13-4-2-11(3-5-13)17-6-7-22-19(24-17)15-10-23-18-14(15)8-12(20)9-16(18)21/h2-10,23H,1H3. The van der Waals surface area contributed by atoms with E-state index in [4.69, 9.17) is 4.74 Å². The molecule has 0 aliphatic rings. The lowest BCUT2D eigenvalue weighted by atomic mass is 10.1. The average Bonchev–Trinajstić information content (AvgIpc) is 3.06. The zero-order chi connectivity index (χ0) is 17.4. The molecule has 0 aliphatic heterocycles. The van der Waals surface area contributed by atoms with Gasteiger partial charge in [0.15, 0.2) is 5.82 Å². The molecule has 0 fully saturated rings. The monoisotopic (exact) mass is 337 g/mol. The van der Waals surface area contributed by atoms with Crippen molar-refractivity contribution in [2.24, 2.45) is 0 Å². The molecule has 124 valence electrons. The van der Waals surface area contributed by atoms with Crippen molar-refractivity contribution in [3.63, 3.8) is 0 Å². The van der Waals surface area contributed by atoms with Gasteiger partial charge in [0, 0.05) is 35.0 Å². The van der Waals surface area contributed by atoms with Crippen molar-refractivity contribution in [2.45, 2.75) is 0 Å². The van der Waals surface area contributed by atoms with E-state index in [1.54, 1.807) is 25.6 Å². The lowest BCUT2D eigenvalue weighted by Gasteiger charge is -2.05. The Labute approximate surface area is 142 Å². The molecule has 0 amide bonds. The number of benzene rings is 2. The topological polar surface area (TPSA) is 50.8 Å². The predicted octanol–water partition coefficient (Wildman–Crippen LogP) is 4.58. The van der Waals surface area contributed by atoms with Gasteiger partial charge in [-0.2, -0.15) is 0 Å². The Bertz CT molecular complexity index is 1060. The quantitative estimate of drug-likeness (QED) is 0.595. The van der Waals surface area contributed by atoms with Crippen LogP contribution in [0.3, 0.4) is 0 Å². The Hall–Kier alpha value is -3.28. The van der Waals surface area contributed by atoms with Crippen LogP contribution in [-0.4, -0.2) is 22.1 Å². The van der Waals surface area contributed by atoms with Crippen molar-refractivity contribution in [2.75, 3.05) is 7.11 Å². The number of ether oxygens (including phenoxy) is 1. The third-order valence-electron chi connectivity index (χ3n) is 3.99. The minimum Gasteiger partial charge on any atom is -0.497 e. The maximum atomic E-state index is 13.9. The number of nitrogens with one attached hydrogen (secondary N) is 1. The summed E-state index contributed by atoms with van der Waals surface area (Å²) in [6, 6.07) is 11.4. The highest BCUT2D eigenvalue weighted by molar-refractivity contribution is 5.94. The second-order valence-electron chi connectivity index (χ2n) is 5.51. The molecule has 0 radical (unpaired) electrons. The van der Waals surface area contributed by atoms with Gasteiger partial charge in [-0.15, -0.1) is 0 Å². The van der Waals surface area contributed by atoms with Crippen LogP contribution in [0.15, 0.2) is 54.9 Å². The van der Waals surface area contributed by atoms with Gasteiger partial charge in [0.25, 0.3) is 0 Å². The van der Waals surface area contributed by atoms with Crippen molar-refractivity contribution < 1.29 is 13.5 Å². The number of hydrogen-bond donors (Lipinski definition) is 1. The molecule has 4 nitrogen and oxygen atoms in total. The fourth-order valence-electron chi connectivity index (χ4n) is 2.75. The maximum Gasteiger partial charge on any atom is 0.161 e. The number of nitrogens with zero attached hydrogens (tertiary/aromatic N) is 2. The molecule has 2 aromatic carbocycles. The van der Waals surface area contributed by atoms with E-state index in [1.807, 2.05) is 24.3 Å². The Morgan fingerprint density at radius 3 is 2.60 bits per heavy atom. The number of rotatable bonds is 3. The first kappa shape index (κ1) is 15.3. The van der Waals surface area contributed by atoms with Crippen LogP contribution in [0.1, 0.15) is 0 Å². The van der Waals surface area contributed by atoms with E-state index in [2.05, 4.69) is 15.0 Å². The molecular formula is C19H13F2N3O. The van der Waals surface area contributed by atoms with E-state index >= 15 is 0 Å². The van der Waals surface area contributed by atoms with Crippen LogP contribution in [0.25, 0.3) is 33.5 Å². The molecule has 0 saturated carbocycles. The molecule has 4 rings (SSSR count). The summed E-state index contributed by atoms with van der Waals surface area (Å²) in [5.74, 6) is -0.144. The maximum absolute atomic E-state index is 13.9. The normalized spacial score (nSPS) is 11.0. The summed E-state index contributed by atoms with van der Waals surface area (Å²) in [6.07, 6.45) is 3.21. The largest absolute Gasteiger partial charge is 0.497 e. The molecule has 2 heterocycles. The lowest BCUT2D eigenvalue weighted by molar-refractivity contribution is 0.415. The molecule has 25 heavy (non-hydrogen) atoms. The smallest absolute Gasteiger partial charge is 0.161 e. The highest BCUT2D eigenvalue weighted by Crippen LogP contribution is 2.30. The van der Waals surface area contributed by atoms with Crippen LogP contribution in [0.2, 0.25) is 0 Å². The first-order chi connectivity index (χ1) is 12.2. The third-order valence-corrected chi connectivity index (χ3v) is 3.99. The molecule has 2 aromatic heterocycles. The van der Waals surface area contributed by atoms with Crippen molar-refractivity contribution in [3.05, 3.63) is 66.5 Å². The number of aromatic nitrogens is 3. The summed E-state index contributed by atoms with van der Waals surface area (Å²) in [4.78, 5) is 11.6. The van der Waals surface area contributed by atoms with Gasteiger partial charge in [0.1, 0.15) is 17.4 Å². The summed E-state index contributed by atoms with van der Waals surface area (Å²) in [6.45, 7) is 0. The molecule has 0 bridgehead atoms. The average molecular weight is 337 g/mol. The van der Waals surface area contributed by atoms with Gasteiger partial charge in [-0.3, -0.25) is 0 Å². The molecular weight excluding hydrogens is 324 g/mol. The highest BCUT2D eigenvalue weighted by Gasteiger charge is 2.14. The van der Waals surface area contributed by atoms with Gasteiger partial charge in [0.05, 0.1) is 18.3 Å². The molecule has 0 atom stereocenters. The molecule has 1 N–H and O–H groups in total. The van der Waals surface area contributed by atoms with Crippen LogP contribution >= 0.6 is 0 Å². The van der Waals surface area contributed by atoms with Gasteiger partial charge in [-0.25, -0.2) is 18.7 Å². The first-order valence-electron chi connectivity index (χ1n) is 7.59. The zero-order valence-electron chi connectivity index (χ0n) is 13.3. The Morgan fingerprint density at radius 2 is 1.84 bits per heavy atom. The van der Waals surface area contributed by atoms with Gasteiger partial charge in [-0.1, -0.05) is 0 Å². The zero-order valence-corrected chi connectivity index (χ0v) is 13.3. The van der Waals surface area contributed by atoms with E-state index in [9.17, 15) is 8.78 Å². The number of aromatic amines is 1. The summed E-state index contributed by atoms with van der Waals surface area (Å²) < 4.78 is 32.6.